The van der Waals surface area contributed by atoms with E-state index >= 15 is 0 Å². The van der Waals surface area contributed by atoms with Crippen LogP contribution in [0.15, 0.2) is 12.7 Å². The minimum Gasteiger partial charge on any atom is -0.365 e. The minimum atomic E-state index is 0.0972. The second kappa shape index (κ2) is 1.34. The normalized spacial score (nSPS) is 37.9. The van der Waals surface area contributed by atoms with Crippen LogP contribution in [0, 0.1) is 0 Å². The zero-order chi connectivity index (χ0) is 5.33. The van der Waals surface area contributed by atoms with Crippen molar-refractivity contribution >= 4 is 0 Å². The van der Waals surface area contributed by atoms with E-state index < -0.39 is 0 Å². The Bertz CT molecular complexity index is 82.2. The van der Waals surface area contributed by atoms with Crippen LogP contribution in [0.1, 0.15) is 13.3 Å². The average Bonchev–Trinajstić information content (AvgIpc) is 2.46. The van der Waals surface area contributed by atoms with Crippen LogP contribution < -0.4 is 0 Å². The first-order chi connectivity index (χ1) is 3.33. The van der Waals surface area contributed by atoms with Gasteiger partial charge in [-0.05, 0) is 6.42 Å². The molecule has 1 nitrogen and oxygen atoms in total. The molecule has 1 unspecified atom stereocenters. The van der Waals surface area contributed by atoms with Crippen molar-refractivity contribution in [2.24, 2.45) is 0 Å². The molecule has 0 saturated carbocycles. The van der Waals surface area contributed by atoms with Gasteiger partial charge in [-0.1, -0.05) is 13.0 Å². The highest BCUT2D eigenvalue weighted by atomic mass is 16.6. The molecule has 1 heterocycles. The molecule has 0 aliphatic carbocycles. The number of hydrogen-bond donors (Lipinski definition) is 0. The molecule has 1 aliphatic rings. The maximum absolute atomic E-state index is 5.08. The SMILES string of the molecule is C=CC1(CC)CO1. The number of hydrogen-bond acceptors (Lipinski definition) is 1. The Morgan fingerprint density at radius 2 is 2.57 bits per heavy atom. The second-order valence-corrected chi connectivity index (χ2v) is 1.91. The molecular weight excluding hydrogens is 88.1 g/mol. The highest BCUT2D eigenvalue weighted by molar-refractivity contribution is 5.05. The first-order valence-electron chi connectivity index (χ1n) is 2.60. The summed E-state index contributed by atoms with van der Waals surface area (Å²) in [6.07, 6.45) is 2.95. The van der Waals surface area contributed by atoms with E-state index in [1.165, 1.54) is 0 Å². The molecule has 0 amide bonds. The first-order valence-corrected chi connectivity index (χ1v) is 2.60. The molecule has 1 heteroatoms. The fourth-order valence-electron chi connectivity index (χ4n) is 0.559. The molecule has 1 saturated heterocycles. The van der Waals surface area contributed by atoms with Gasteiger partial charge in [0.1, 0.15) is 5.60 Å². The molecule has 0 aromatic rings. The summed E-state index contributed by atoms with van der Waals surface area (Å²) in [5.41, 5.74) is 0.0972. The lowest BCUT2D eigenvalue weighted by atomic mass is 10.1. The molecule has 0 aromatic heterocycles. The van der Waals surface area contributed by atoms with Crippen molar-refractivity contribution in [3.8, 4) is 0 Å². The average molecular weight is 98.1 g/mol. The molecule has 1 aliphatic heterocycles. The van der Waals surface area contributed by atoms with Gasteiger partial charge >= 0.3 is 0 Å². The molecule has 7 heavy (non-hydrogen) atoms. The smallest absolute Gasteiger partial charge is 0.109 e. The van der Waals surface area contributed by atoms with Crippen molar-refractivity contribution < 1.29 is 4.74 Å². The summed E-state index contributed by atoms with van der Waals surface area (Å²) in [5.74, 6) is 0. The summed E-state index contributed by atoms with van der Waals surface area (Å²) in [4.78, 5) is 0. The highest BCUT2D eigenvalue weighted by Crippen LogP contribution is 2.30. The fraction of sp³-hybridized carbons (Fsp3) is 0.667. The quantitative estimate of drug-likeness (QED) is 0.375. The molecule has 0 aromatic carbocycles. The zero-order valence-electron chi connectivity index (χ0n) is 4.61. The van der Waals surface area contributed by atoms with Gasteiger partial charge in [0, 0.05) is 0 Å². The molecule has 0 spiro atoms. The maximum Gasteiger partial charge on any atom is 0.109 e. The Morgan fingerprint density at radius 1 is 2.00 bits per heavy atom. The van der Waals surface area contributed by atoms with Crippen LogP contribution in [0.5, 0.6) is 0 Å². The van der Waals surface area contributed by atoms with Crippen molar-refractivity contribution in [2.75, 3.05) is 6.61 Å². The summed E-state index contributed by atoms with van der Waals surface area (Å²) >= 11 is 0. The van der Waals surface area contributed by atoms with Crippen molar-refractivity contribution in [2.45, 2.75) is 18.9 Å². The van der Waals surface area contributed by atoms with Gasteiger partial charge in [-0.2, -0.15) is 0 Å². The third kappa shape index (κ3) is 0.682. The van der Waals surface area contributed by atoms with Crippen LogP contribution in [0.2, 0.25) is 0 Å². The summed E-state index contributed by atoms with van der Waals surface area (Å²) in [6, 6.07) is 0. The molecule has 1 atom stereocenters. The minimum absolute atomic E-state index is 0.0972. The lowest BCUT2D eigenvalue weighted by Gasteiger charge is -1.95. The number of ether oxygens (including phenoxy) is 1. The van der Waals surface area contributed by atoms with Gasteiger partial charge in [-0.25, -0.2) is 0 Å². The van der Waals surface area contributed by atoms with Crippen molar-refractivity contribution in [1.82, 2.24) is 0 Å². The van der Waals surface area contributed by atoms with E-state index in [4.69, 9.17) is 4.74 Å². The van der Waals surface area contributed by atoms with E-state index in [1.807, 2.05) is 6.08 Å². The standard InChI is InChI=1S/C6H10O/c1-3-6(4-2)5-7-6/h3H,1,4-5H2,2H3. The number of epoxide rings is 1. The highest BCUT2D eigenvalue weighted by Gasteiger charge is 2.38. The van der Waals surface area contributed by atoms with Crippen molar-refractivity contribution in [1.29, 1.82) is 0 Å². The Morgan fingerprint density at radius 3 is 2.57 bits per heavy atom. The molecule has 0 N–H and O–H groups in total. The van der Waals surface area contributed by atoms with Gasteiger partial charge in [0.2, 0.25) is 0 Å². The predicted octanol–water partition coefficient (Wildman–Crippen LogP) is 1.35. The van der Waals surface area contributed by atoms with E-state index in [1.54, 1.807) is 0 Å². The lowest BCUT2D eigenvalue weighted by molar-refractivity contribution is 0.345. The van der Waals surface area contributed by atoms with Crippen LogP contribution in [0.3, 0.4) is 0 Å². The molecular formula is C6H10O. The lowest BCUT2D eigenvalue weighted by Crippen LogP contribution is -2.01. The summed E-state index contributed by atoms with van der Waals surface area (Å²) in [6.45, 7) is 6.63. The topological polar surface area (TPSA) is 12.5 Å². The number of rotatable bonds is 2. The van der Waals surface area contributed by atoms with Crippen molar-refractivity contribution in [3.05, 3.63) is 12.7 Å². The third-order valence-electron chi connectivity index (χ3n) is 1.49. The van der Waals surface area contributed by atoms with Gasteiger partial charge < -0.3 is 4.74 Å². The molecule has 1 fully saturated rings. The summed E-state index contributed by atoms with van der Waals surface area (Å²) in [7, 11) is 0. The van der Waals surface area contributed by atoms with Crippen LogP contribution >= 0.6 is 0 Å². The van der Waals surface area contributed by atoms with E-state index in [0.29, 0.717) is 0 Å². The Labute approximate surface area is 44.0 Å². The predicted molar refractivity (Wildman–Crippen MR) is 29.2 cm³/mol. The maximum atomic E-state index is 5.08. The zero-order valence-corrected chi connectivity index (χ0v) is 4.61. The molecule has 40 valence electrons. The van der Waals surface area contributed by atoms with Gasteiger partial charge in [0.25, 0.3) is 0 Å². The third-order valence-corrected chi connectivity index (χ3v) is 1.49. The van der Waals surface area contributed by atoms with Gasteiger partial charge in [-0.15, -0.1) is 6.58 Å². The van der Waals surface area contributed by atoms with Gasteiger partial charge in [0.05, 0.1) is 6.61 Å². The Hall–Kier alpha value is -0.300. The van der Waals surface area contributed by atoms with E-state index in [0.717, 1.165) is 13.0 Å². The second-order valence-electron chi connectivity index (χ2n) is 1.91. The molecule has 0 bridgehead atoms. The Balaban J connectivity index is 2.42. The van der Waals surface area contributed by atoms with Crippen molar-refractivity contribution in [3.63, 3.8) is 0 Å². The monoisotopic (exact) mass is 98.1 g/mol. The first kappa shape index (κ1) is 4.85. The largest absolute Gasteiger partial charge is 0.365 e. The Kier molecular flexibility index (Phi) is 0.927. The van der Waals surface area contributed by atoms with Crippen LogP contribution in [0.4, 0.5) is 0 Å². The fourth-order valence-corrected chi connectivity index (χ4v) is 0.559. The van der Waals surface area contributed by atoms with E-state index in [9.17, 15) is 0 Å². The van der Waals surface area contributed by atoms with E-state index in [2.05, 4.69) is 13.5 Å². The summed E-state index contributed by atoms with van der Waals surface area (Å²) in [5, 5.41) is 0. The van der Waals surface area contributed by atoms with Gasteiger partial charge in [0.15, 0.2) is 0 Å². The summed E-state index contributed by atoms with van der Waals surface area (Å²) < 4.78 is 5.08. The van der Waals surface area contributed by atoms with Crippen LogP contribution in [0.25, 0.3) is 0 Å². The van der Waals surface area contributed by atoms with Crippen LogP contribution in [-0.2, 0) is 4.74 Å². The molecule has 1 rings (SSSR count). The van der Waals surface area contributed by atoms with Gasteiger partial charge in [-0.3, -0.25) is 0 Å². The van der Waals surface area contributed by atoms with Crippen LogP contribution in [-0.4, -0.2) is 12.2 Å². The van der Waals surface area contributed by atoms with E-state index in [-0.39, 0.29) is 5.60 Å². The molecule has 0 radical (unpaired) electrons.